The fourth-order valence-electron chi connectivity index (χ4n) is 3.18. The first-order valence-corrected chi connectivity index (χ1v) is 8.04. The number of likely N-dealkylation sites (tertiary alicyclic amines) is 1. The lowest BCUT2D eigenvalue weighted by Crippen LogP contribution is -2.31. The summed E-state index contributed by atoms with van der Waals surface area (Å²) in [6.45, 7) is 1.99. The van der Waals surface area contributed by atoms with Crippen LogP contribution in [0.5, 0.6) is 0 Å². The van der Waals surface area contributed by atoms with Crippen molar-refractivity contribution in [2.75, 3.05) is 25.5 Å². The predicted molar refractivity (Wildman–Crippen MR) is 89.5 cm³/mol. The molecule has 0 aromatic carbocycles. The van der Waals surface area contributed by atoms with Gasteiger partial charge in [0.15, 0.2) is 11.4 Å². The van der Waals surface area contributed by atoms with Crippen molar-refractivity contribution >= 4 is 11.5 Å². The maximum Gasteiger partial charge on any atom is 0.175 e. The number of nitrogens with zero attached hydrogens (tertiary/aromatic N) is 5. The van der Waals surface area contributed by atoms with Crippen LogP contribution < -0.4 is 5.32 Å². The number of likely N-dealkylation sites (N-methyl/N-ethyl adjacent to an activating group) is 1. The maximum atomic E-state index is 9.52. The third kappa shape index (κ3) is 2.51. The molecule has 3 aromatic rings. The molecule has 3 aromatic heterocycles. The van der Waals surface area contributed by atoms with Gasteiger partial charge in [0.1, 0.15) is 23.1 Å². The van der Waals surface area contributed by atoms with E-state index in [4.69, 9.17) is 4.42 Å². The Hall–Kier alpha value is -2.85. The van der Waals surface area contributed by atoms with Crippen LogP contribution in [0, 0.1) is 11.3 Å². The van der Waals surface area contributed by atoms with E-state index in [0.29, 0.717) is 28.7 Å². The fraction of sp³-hybridized carbons (Fsp3) is 0.353. The minimum Gasteiger partial charge on any atom is -0.463 e. The molecule has 1 fully saturated rings. The van der Waals surface area contributed by atoms with Gasteiger partial charge in [0, 0.05) is 18.8 Å². The highest BCUT2D eigenvalue weighted by molar-refractivity contribution is 5.72. The Morgan fingerprint density at radius 1 is 1.46 bits per heavy atom. The average molecular weight is 322 g/mol. The molecule has 0 radical (unpaired) electrons. The molecule has 0 bridgehead atoms. The molecule has 0 saturated carbocycles. The van der Waals surface area contributed by atoms with Crippen LogP contribution in [-0.2, 0) is 0 Å². The third-order valence-corrected chi connectivity index (χ3v) is 4.54. The quantitative estimate of drug-likeness (QED) is 0.794. The van der Waals surface area contributed by atoms with Gasteiger partial charge in [-0.2, -0.15) is 10.4 Å². The zero-order chi connectivity index (χ0) is 16.5. The number of furan rings is 1. The van der Waals surface area contributed by atoms with Crippen LogP contribution >= 0.6 is 0 Å². The highest BCUT2D eigenvalue weighted by Gasteiger charge is 2.21. The van der Waals surface area contributed by atoms with Crippen molar-refractivity contribution < 1.29 is 4.42 Å². The summed E-state index contributed by atoms with van der Waals surface area (Å²) < 4.78 is 6.99. The summed E-state index contributed by atoms with van der Waals surface area (Å²) in [5, 5.41) is 17.3. The Balaban J connectivity index is 1.64. The Bertz CT molecular complexity index is 892. The lowest BCUT2D eigenvalue weighted by atomic mass is 10.2. The molecule has 7 nitrogen and oxygen atoms in total. The maximum absolute atomic E-state index is 9.52. The van der Waals surface area contributed by atoms with Gasteiger partial charge in [-0.25, -0.2) is 9.50 Å². The fourth-order valence-corrected chi connectivity index (χ4v) is 3.18. The molecule has 122 valence electrons. The van der Waals surface area contributed by atoms with Gasteiger partial charge >= 0.3 is 0 Å². The summed E-state index contributed by atoms with van der Waals surface area (Å²) in [5.74, 6) is 1.32. The molecular weight excluding hydrogens is 304 g/mol. The van der Waals surface area contributed by atoms with E-state index in [9.17, 15) is 5.26 Å². The van der Waals surface area contributed by atoms with Gasteiger partial charge in [0.05, 0.1) is 6.26 Å². The summed E-state index contributed by atoms with van der Waals surface area (Å²) in [7, 11) is 2.15. The van der Waals surface area contributed by atoms with Gasteiger partial charge in [-0.3, -0.25) is 0 Å². The minimum atomic E-state index is 0.423. The number of nitrogens with one attached hydrogen (secondary N) is 1. The Kier molecular flexibility index (Phi) is 3.67. The third-order valence-electron chi connectivity index (χ3n) is 4.54. The van der Waals surface area contributed by atoms with Crippen molar-refractivity contribution in [3.05, 3.63) is 36.2 Å². The second-order valence-electron chi connectivity index (χ2n) is 6.05. The van der Waals surface area contributed by atoms with Gasteiger partial charge in [-0.05, 0) is 44.6 Å². The normalized spacial score (nSPS) is 18.1. The van der Waals surface area contributed by atoms with Crippen LogP contribution in [0.3, 0.4) is 0 Å². The van der Waals surface area contributed by atoms with Crippen LogP contribution in [0.2, 0.25) is 0 Å². The molecule has 0 spiro atoms. The number of fused-ring (bicyclic) bond motifs is 1. The van der Waals surface area contributed by atoms with Gasteiger partial charge in [-0.15, -0.1) is 0 Å². The van der Waals surface area contributed by atoms with E-state index < -0.39 is 0 Å². The molecule has 1 aliphatic heterocycles. The van der Waals surface area contributed by atoms with Crippen molar-refractivity contribution in [3.8, 4) is 17.5 Å². The Labute approximate surface area is 139 Å². The van der Waals surface area contributed by atoms with Gasteiger partial charge < -0.3 is 14.6 Å². The number of rotatable bonds is 4. The molecule has 1 unspecified atom stereocenters. The van der Waals surface area contributed by atoms with E-state index in [-0.39, 0.29) is 0 Å². The van der Waals surface area contributed by atoms with Crippen LogP contribution in [0.4, 0.5) is 5.82 Å². The lowest BCUT2D eigenvalue weighted by molar-refractivity contribution is 0.322. The largest absolute Gasteiger partial charge is 0.463 e. The molecule has 1 N–H and O–H groups in total. The van der Waals surface area contributed by atoms with Crippen LogP contribution in [-0.4, -0.2) is 45.7 Å². The van der Waals surface area contributed by atoms with E-state index >= 15 is 0 Å². The number of anilines is 1. The molecular formula is C17H18N6O. The monoisotopic (exact) mass is 322 g/mol. The van der Waals surface area contributed by atoms with Crippen LogP contribution in [0.15, 0.2) is 35.1 Å². The standard InChI is InChI=1S/C17H18N6O/c1-22-7-2-4-12(22)11-19-15-6-8-23-17(20-15)13(10-18)16(21-23)14-5-3-9-24-14/h3,5-6,8-9,12H,2,4,7,11H2,1H3,(H,19,20). The van der Waals surface area contributed by atoms with Crippen molar-refractivity contribution in [1.82, 2.24) is 19.5 Å². The molecule has 4 heterocycles. The second-order valence-corrected chi connectivity index (χ2v) is 6.05. The molecule has 0 aliphatic carbocycles. The summed E-state index contributed by atoms with van der Waals surface area (Å²) in [6.07, 6.45) is 5.82. The van der Waals surface area contributed by atoms with Gasteiger partial charge in [0.25, 0.3) is 0 Å². The van der Waals surface area contributed by atoms with Crippen molar-refractivity contribution in [2.24, 2.45) is 0 Å². The molecule has 1 aliphatic rings. The predicted octanol–water partition coefficient (Wildman–Crippen LogP) is 2.37. The Morgan fingerprint density at radius 2 is 2.38 bits per heavy atom. The van der Waals surface area contributed by atoms with Gasteiger partial charge in [-0.1, -0.05) is 0 Å². The molecule has 0 amide bonds. The van der Waals surface area contributed by atoms with Crippen LogP contribution in [0.25, 0.3) is 17.1 Å². The molecule has 1 atom stereocenters. The number of hydrogen-bond donors (Lipinski definition) is 1. The van der Waals surface area contributed by atoms with Crippen molar-refractivity contribution in [3.63, 3.8) is 0 Å². The minimum absolute atomic E-state index is 0.423. The van der Waals surface area contributed by atoms with Crippen molar-refractivity contribution in [2.45, 2.75) is 18.9 Å². The summed E-state index contributed by atoms with van der Waals surface area (Å²) >= 11 is 0. The highest BCUT2D eigenvalue weighted by atomic mass is 16.3. The SMILES string of the molecule is CN1CCCC1CNc1ccn2nc(-c3ccco3)c(C#N)c2n1. The van der Waals surface area contributed by atoms with E-state index in [2.05, 4.69) is 33.4 Å². The number of hydrogen-bond acceptors (Lipinski definition) is 6. The topological polar surface area (TPSA) is 82.4 Å². The zero-order valence-corrected chi connectivity index (χ0v) is 13.4. The highest BCUT2D eigenvalue weighted by Crippen LogP contribution is 2.25. The van der Waals surface area contributed by atoms with E-state index in [1.807, 2.05) is 12.3 Å². The van der Waals surface area contributed by atoms with E-state index in [1.54, 1.807) is 22.9 Å². The summed E-state index contributed by atoms with van der Waals surface area (Å²) in [6, 6.07) is 8.17. The van der Waals surface area contributed by atoms with Crippen LogP contribution in [0.1, 0.15) is 18.4 Å². The first-order chi connectivity index (χ1) is 11.8. The summed E-state index contributed by atoms with van der Waals surface area (Å²) in [4.78, 5) is 6.93. The smallest absolute Gasteiger partial charge is 0.175 e. The molecule has 4 rings (SSSR count). The Morgan fingerprint density at radius 3 is 3.08 bits per heavy atom. The zero-order valence-electron chi connectivity index (χ0n) is 13.4. The van der Waals surface area contributed by atoms with Crippen molar-refractivity contribution in [1.29, 1.82) is 5.26 Å². The van der Waals surface area contributed by atoms with E-state index in [0.717, 1.165) is 18.9 Å². The molecule has 7 heteroatoms. The van der Waals surface area contributed by atoms with Gasteiger partial charge in [0.2, 0.25) is 0 Å². The van der Waals surface area contributed by atoms with E-state index in [1.165, 1.54) is 12.8 Å². The molecule has 24 heavy (non-hydrogen) atoms. The molecule has 1 saturated heterocycles. The first-order valence-electron chi connectivity index (χ1n) is 8.04. The lowest BCUT2D eigenvalue weighted by Gasteiger charge is -2.19. The first kappa shape index (κ1) is 14.7. The average Bonchev–Trinajstić information content (AvgIpc) is 3.31. The summed E-state index contributed by atoms with van der Waals surface area (Å²) in [5.41, 5.74) is 1.47. The second kappa shape index (κ2) is 5.98. The number of aromatic nitrogens is 3. The number of nitriles is 1.